The molecule has 1 aromatic carbocycles. The van der Waals surface area contributed by atoms with Crippen LogP contribution in [0.15, 0.2) is 36.5 Å². The molecule has 2 unspecified atom stereocenters. The highest BCUT2D eigenvalue weighted by molar-refractivity contribution is 5.41. The van der Waals surface area contributed by atoms with E-state index in [2.05, 4.69) is 50.0 Å². The first kappa shape index (κ1) is 13.3. The van der Waals surface area contributed by atoms with E-state index in [9.17, 15) is 0 Å². The molecule has 1 aliphatic rings. The van der Waals surface area contributed by atoms with Gasteiger partial charge in [0.05, 0.1) is 0 Å². The molecule has 0 saturated carbocycles. The Morgan fingerprint density at radius 2 is 2.05 bits per heavy atom. The smallest absolute Gasteiger partial charge is 0.0488 e. The fourth-order valence-corrected chi connectivity index (χ4v) is 3.50. The third-order valence-corrected chi connectivity index (χ3v) is 4.66. The van der Waals surface area contributed by atoms with Gasteiger partial charge in [-0.3, -0.25) is 4.98 Å². The first-order valence-electron chi connectivity index (χ1n) is 7.30. The molecule has 20 heavy (non-hydrogen) atoms. The number of benzene rings is 1. The van der Waals surface area contributed by atoms with Gasteiger partial charge < -0.3 is 5.73 Å². The van der Waals surface area contributed by atoms with Gasteiger partial charge in [0, 0.05) is 23.3 Å². The molecule has 2 aromatic rings. The minimum atomic E-state index is -0.365. The van der Waals surface area contributed by atoms with Gasteiger partial charge in [0.15, 0.2) is 0 Å². The zero-order valence-electron chi connectivity index (χ0n) is 12.5. The first-order valence-corrected chi connectivity index (χ1v) is 7.30. The van der Waals surface area contributed by atoms with Crippen LogP contribution in [-0.4, -0.2) is 4.98 Å². The van der Waals surface area contributed by atoms with Crippen molar-refractivity contribution in [3.05, 3.63) is 64.5 Å². The summed E-state index contributed by atoms with van der Waals surface area (Å²) in [5.74, 6) is 0.305. The van der Waals surface area contributed by atoms with E-state index in [4.69, 9.17) is 5.73 Å². The van der Waals surface area contributed by atoms with Crippen molar-refractivity contribution in [1.29, 1.82) is 0 Å². The van der Waals surface area contributed by atoms with E-state index in [1.54, 1.807) is 0 Å². The first-order chi connectivity index (χ1) is 9.50. The van der Waals surface area contributed by atoms with Crippen LogP contribution < -0.4 is 5.73 Å². The van der Waals surface area contributed by atoms with Crippen molar-refractivity contribution >= 4 is 0 Å². The van der Waals surface area contributed by atoms with Gasteiger partial charge in [0.1, 0.15) is 0 Å². The molecule has 2 N–H and O–H groups in total. The normalized spacial score (nSPS) is 20.5. The van der Waals surface area contributed by atoms with E-state index in [-0.39, 0.29) is 5.54 Å². The van der Waals surface area contributed by atoms with Gasteiger partial charge in [-0.2, -0.15) is 0 Å². The van der Waals surface area contributed by atoms with Crippen molar-refractivity contribution < 1.29 is 0 Å². The molecule has 104 valence electrons. The fraction of sp³-hybridized carbons (Fsp3) is 0.389. The average molecular weight is 266 g/mol. The second kappa shape index (κ2) is 4.71. The maximum Gasteiger partial charge on any atom is 0.0488 e. The topological polar surface area (TPSA) is 38.9 Å². The van der Waals surface area contributed by atoms with Crippen molar-refractivity contribution in [2.45, 2.75) is 45.1 Å². The lowest BCUT2D eigenvalue weighted by Crippen LogP contribution is -2.40. The quantitative estimate of drug-likeness (QED) is 0.902. The Labute approximate surface area is 121 Å². The third-order valence-electron chi connectivity index (χ3n) is 4.66. The van der Waals surface area contributed by atoms with Crippen LogP contribution in [0.3, 0.4) is 0 Å². The number of hydrogen-bond acceptors (Lipinski definition) is 2. The van der Waals surface area contributed by atoms with Gasteiger partial charge in [0.2, 0.25) is 0 Å². The summed E-state index contributed by atoms with van der Waals surface area (Å²) < 4.78 is 0. The summed E-state index contributed by atoms with van der Waals surface area (Å²) in [5.41, 5.74) is 12.8. The molecule has 0 bridgehead atoms. The molecule has 3 rings (SSSR count). The summed E-state index contributed by atoms with van der Waals surface area (Å²) in [6, 6.07) is 10.8. The monoisotopic (exact) mass is 266 g/mol. The number of aryl methyl sites for hydroxylation is 3. The fourth-order valence-electron chi connectivity index (χ4n) is 3.50. The maximum atomic E-state index is 6.79. The van der Waals surface area contributed by atoms with Crippen molar-refractivity contribution in [1.82, 2.24) is 4.98 Å². The largest absolute Gasteiger partial charge is 0.321 e. The number of fused-ring (bicyclic) bond motifs is 1. The summed E-state index contributed by atoms with van der Waals surface area (Å²) >= 11 is 0. The van der Waals surface area contributed by atoms with E-state index in [1.807, 2.05) is 12.3 Å². The van der Waals surface area contributed by atoms with Gasteiger partial charge in [-0.15, -0.1) is 0 Å². The Hall–Kier alpha value is -1.67. The molecule has 0 amide bonds. The van der Waals surface area contributed by atoms with Gasteiger partial charge in [-0.1, -0.05) is 29.8 Å². The summed E-state index contributed by atoms with van der Waals surface area (Å²) in [7, 11) is 0. The Morgan fingerprint density at radius 3 is 2.85 bits per heavy atom. The molecule has 1 aliphatic carbocycles. The molecule has 2 atom stereocenters. The lowest BCUT2D eigenvalue weighted by Gasteiger charge is -2.33. The maximum absolute atomic E-state index is 6.79. The molecular weight excluding hydrogens is 244 g/mol. The van der Waals surface area contributed by atoms with Crippen LogP contribution in [0.5, 0.6) is 0 Å². The highest BCUT2D eigenvalue weighted by Gasteiger charge is 2.39. The van der Waals surface area contributed by atoms with Crippen LogP contribution in [0.2, 0.25) is 0 Å². The van der Waals surface area contributed by atoms with Gasteiger partial charge >= 0.3 is 0 Å². The number of nitrogens with zero attached hydrogens (tertiary/aromatic N) is 1. The Bertz CT molecular complexity index is 644. The van der Waals surface area contributed by atoms with Crippen molar-refractivity contribution in [2.75, 3.05) is 0 Å². The van der Waals surface area contributed by atoms with Crippen molar-refractivity contribution in [3.63, 3.8) is 0 Å². The lowest BCUT2D eigenvalue weighted by molar-refractivity contribution is 0.379. The second-order valence-corrected chi connectivity index (χ2v) is 6.24. The molecule has 2 heteroatoms. The number of aromatic nitrogens is 1. The molecule has 0 radical (unpaired) electrons. The zero-order valence-corrected chi connectivity index (χ0v) is 12.5. The van der Waals surface area contributed by atoms with Crippen LogP contribution in [0.4, 0.5) is 0 Å². The summed E-state index contributed by atoms with van der Waals surface area (Å²) in [6.45, 7) is 6.43. The zero-order chi connectivity index (χ0) is 14.3. The third kappa shape index (κ3) is 2.04. The predicted octanol–water partition coefficient (Wildman–Crippen LogP) is 3.60. The van der Waals surface area contributed by atoms with Crippen LogP contribution in [0, 0.1) is 13.8 Å². The summed E-state index contributed by atoms with van der Waals surface area (Å²) in [6.07, 6.45) is 4.06. The molecule has 1 aromatic heterocycles. The number of hydrogen-bond donors (Lipinski definition) is 1. The standard InChI is InChI=1S/C18H22N2/c1-12-6-7-13(2)16(11-12)18(3,19)15-9-8-14-5-4-10-20-17(14)15/h4-7,10-11,15H,8-9,19H2,1-3H3. The summed E-state index contributed by atoms with van der Waals surface area (Å²) in [5, 5.41) is 0. The lowest BCUT2D eigenvalue weighted by atomic mass is 9.76. The van der Waals surface area contributed by atoms with Gasteiger partial charge in [-0.25, -0.2) is 0 Å². The van der Waals surface area contributed by atoms with E-state index in [0.29, 0.717) is 5.92 Å². The molecule has 0 aliphatic heterocycles. The Kier molecular flexibility index (Phi) is 3.14. The molecular formula is C18H22N2. The van der Waals surface area contributed by atoms with Crippen LogP contribution in [-0.2, 0) is 12.0 Å². The average Bonchev–Trinajstić information content (AvgIpc) is 2.86. The number of pyridine rings is 1. The van der Waals surface area contributed by atoms with Gasteiger partial charge in [0.25, 0.3) is 0 Å². The second-order valence-electron chi connectivity index (χ2n) is 6.24. The minimum absolute atomic E-state index is 0.305. The Morgan fingerprint density at radius 1 is 1.25 bits per heavy atom. The predicted molar refractivity (Wildman–Crippen MR) is 82.8 cm³/mol. The van der Waals surface area contributed by atoms with E-state index in [0.717, 1.165) is 12.8 Å². The summed E-state index contributed by atoms with van der Waals surface area (Å²) in [4.78, 5) is 4.60. The van der Waals surface area contributed by atoms with Crippen LogP contribution in [0.25, 0.3) is 0 Å². The van der Waals surface area contributed by atoms with Crippen molar-refractivity contribution in [3.8, 4) is 0 Å². The SMILES string of the molecule is Cc1ccc(C)c(C(C)(N)C2CCc3cccnc32)c1. The highest BCUT2D eigenvalue weighted by Crippen LogP contribution is 2.43. The van der Waals surface area contributed by atoms with Crippen LogP contribution in [0.1, 0.15) is 47.2 Å². The number of nitrogens with two attached hydrogens (primary N) is 1. The molecule has 1 heterocycles. The van der Waals surface area contributed by atoms with E-state index in [1.165, 1.54) is 27.9 Å². The van der Waals surface area contributed by atoms with E-state index >= 15 is 0 Å². The molecule has 0 spiro atoms. The number of rotatable bonds is 2. The van der Waals surface area contributed by atoms with Crippen LogP contribution >= 0.6 is 0 Å². The molecule has 0 saturated heterocycles. The molecule has 0 fully saturated rings. The van der Waals surface area contributed by atoms with Gasteiger partial charge in [-0.05, 0) is 56.4 Å². The minimum Gasteiger partial charge on any atom is -0.321 e. The van der Waals surface area contributed by atoms with Crippen molar-refractivity contribution in [2.24, 2.45) is 5.73 Å². The Balaban J connectivity index is 2.07. The molecule has 2 nitrogen and oxygen atoms in total. The highest BCUT2D eigenvalue weighted by atomic mass is 14.8. The van der Waals surface area contributed by atoms with E-state index < -0.39 is 0 Å².